The minimum atomic E-state index is -0.267. The smallest absolute Gasteiger partial charge is 0.251 e. The first kappa shape index (κ1) is 25.2. The van der Waals surface area contributed by atoms with Crippen LogP contribution in [0.4, 0.5) is 0 Å². The van der Waals surface area contributed by atoms with Gasteiger partial charge in [-0.2, -0.15) is 0 Å². The highest BCUT2D eigenvalue weighted by Gasteiger charge is 2.29. The zero-order chi connectivity index (χ0) is 24.0. The van der Waals surface area contributed by atoms with Gasteiger partial charge < -0.3 is 24.9 Å². The van der Waals surface area contributed by atoms with E-state index in [1.165, 1.54) is 0 Å². The van der Waals surface area contributed by atoms with Crippen LogP contribution in [0.25, 0.3) is 0 Å². The second-order valence-corrected chi connectivity index (χ2v) is 10.2. The van der Waals surface area contributed by atoms with Crippen LogP contribution in [0.1, 0.15) is 69.3 Å². The van der Waals surface area contributed by atoms with Gasteiger partial charge in [-0.05, 0) is 90.0 Å². The van der Waals surface area contributed by atoms with Crippen molar-refractivity contribution in [2.45, 2.75) is 71.9 Å². The van der Waals surface area contributed by atoms with E-state index >= 15 is 0 Å². The predicted molar refractivity (Wildman–Crippen MR) is 128 cm³/mol. The number of hydrazine groups is 1. The molecule has 2 aliphatic heterocycles. The van der Waals surface area contributed by atoms with Crippen LogP contribution in [0.5, 0.6) is 5.75 Å². The number of hydrogen-bond donors (Lipinski definition) is 3. The van der Waals surface area contributed by atoms with Crippen molar-refractivity contribution in [1.82, 2.24) is 20.8 Å². The predicted octanol–water partition coefficient (Wildman–Crippen LogP) is 3.33. The summed E-state index contributed by atoms with van der Waals surface area (Å²) in [6.45, 7) is 12.7. The Hall–Kier alpha value is -2.45. The molecule has 0 aliphatic carbocycles. The van der Waals surface area contributed by atoms with E-state index in [0.29, 0.717) is 18.1 Å². The summed E-state index contributed by atoms with van der Waals surface area (Å²) in [5, 5.41) is 13.9. The minimum absolute atomic E-state index is 0.0240. The number of likely N-dealkylation sites (tertiary alicyclic amines) is 1. The summed E-state index contributed by atoms with van der Waals surface area (Å²) in [4.78, 5) is 20.3. The summed E-state index contributed by atoms with van der Waals surface area (Å²) in [5.41, 5.74) is 4.44. The minimum Gasteiger partial charge on any atom is -0.494 e. The molecule has 0 bridgehead atoms. The summed E-state index contributed by atoms with van der Waals surface area (Å²) in [6.07, 6.45) is 6.53. The third-order valence-electron chi connectivity index (χ3n) is 6.26. The van der Waals surface area contributed by atoms with Crippen molar-refractivity contribution in [3.8, 4) is 5.75 Å². The maximum absolute atomic E-state index is 12.3. The molecule has 8 nitrogen and oxygen atoms in total. The molecule has 2 aliphatic rings. The van der Waals surface area contributed by atoms with E-state index in [0.717, 1.165) is 56.0 Å². The summed E-state index contributed by atoms with van der Waals surface area (Å²) in [5.74, 6) is 2.23. The molecule has 3 N–H and O–H groups in total. The molecule has 1 aromatic rings. The Morgan fingerprint density at radius 1 is 1.33 bits per heavy atom. The van der Waals surface area contributed by atoms with Crippen LogP contribution in [0.15, 0.2) is 30.3 Å². The lowest BCUT2D eigenvalue weighted by Gasteiger charge is -2.32. The summed E-state index contributed by atoms with van der Waals surface area (Å²) < 4.78 is 5.94. The van der Waals surface area contributed by atoms with E-state index in [-0.39, 0.29) is 24.1 Å². The first-order valence-corrected chi connectivity index (χ1v) is 12.0. The number of piperidine rings is 1. The van der Waals surface area contributed by atoms with Gasteiger partial charge in [0.05, 0.1) is 25.0 Å². The van der Waals surface area contributed by atoms with E-state index in [4.69, 9.17) is 14.7 Å². The molecule has 2 heterocycles. The summed E-state index contributed by atoms with van der Waals surface area (Å²) >= 11 is 0. The fourth-order valence-electron chi connectivity index (χ4n) is 4.07. The Bertz CT molecular complexity index is 828. The van der Waals surface area contributed by atoms with Gasteiger partial charge in [0.1, 0.15) is 5.75 Å². The molecule has 1 atom stereocenters. The van der Waals surface area contributed by atoms with Crippen molar-refractivity contribution in [1.29, 1.82) is 0 Å². The first-order valence-electron chi connectivity index (χ1n) is 12.0. The van der Waals surface area contributed by atoms with Crippen molar-refractivity contribution in [2.75, 3.05) is 26.3 Å². The molecule has 1 fully saturated rings. The number of rotatable bonds is 9. The number of aliphatic hydroxyl groups is 1. The van der Waals surface area contributed by atoms with E-state index in [1.54, 1.807) is 13.0 Å². The van der Waals surface area contributed by atoms with Crippen LogP contribution in [-0.4, -0.2) is 58.8 Å². The van der Waals surface area contributed by atoms with Crippen LogP contribution in [0, 0.1) is 12.8 Å². The number of aryl methyl sites for hydroxylation is 1. The molecule has 0 spiro atoms. The SMILES string of the molecule is Cc1cc(OCCCC2CCN(C3=CN(C(C)(C)C)NO3)CC2)ccc1C(=O)NC(C)CO. The second-order valence-electron chi connectivity index (χ2n) is 10.2. The zero-order valence-electron chi connectivity index (χ0n) is 20.7. The number of carbonyl (C=O) groups is 1. The lowest BCUT2D eigenvalue weighted by atomic mass is 9.92. The molecule has 8 heteroatoms. The number of benzene rings is 1. The van der Waals surface area contributed by atoms with Gasteiger partial charge in [0, 0.05) is 24.7 Å². The first-order chi connectivity index (χ1) is 15.7. The molecule has 1 unspecified atom stereocenters. The van der Waals surface area contributed by atoms with Gasteiger partial charge in [0.2, 0.25) is 5.88 Å². The van der Waals surface area contributed by atoms with Crippen LogP contribution in [0.2, 0.25) is 0 Å². The summed E-state index contributed by atoms with van der Waals surface area (Å²) in [7, 11) is 0. The third kappa shape index (κ3) is 7.01. The Kier molecular flexibility index (Phi) is 8.48. The molecule has 1 saturated heterocycles. The lowest BCUT2D eigenvalue weighted by Crippen LogP contribution is -2.43. The van der Waals surface area contributed by atoms with Gasteiger partial charge in [0.25, 0.3) is 5.91 Å². The maximum atomic E-state index is 12.3. The van der Waals surface area contributed by atoms with Gasteiger partial charge in [-0.15, -0.1) is 0 Å². The fourth-order valence-corrected chi connectivity index (χ4v) is 4.07. The molecule has 0 radical (unpaired) electrons. The van der Waals surface area contributed by atoms with Gasteiger partial charge in [0.15, 0.2) is 0 Å². The third-order valence-corrected chi connectivity index (χ3v) is 6.26. The number of nitrogens with one attached hydrogen (secondary N) is 2. The van der Waals surface area contributed by atoms with Crippen LogP contribution < -0.4 is 15.6 Å². The van der Waals surface area contributed by atoms with Crippen molar-refractivity contribution < 1.29 is 19.5 Å². The highest BCUT2D eigenvalue weighted by Crippen LogP contribution is 2.27. The average molecular weight is 461 g/mol. The molecule has 1 amide bonds. The lowest BCUT2D eigenvalue weighted by molar-refractivity contribution is -0.0465. The number of aliphatic hydroxyl groups excluding tert-OH is 1. The Balaban J connectivity index is 1.37. The molecule has 0 aromatic heterocycles. The molecule has 3 rings (SSSR count). The standard InChI is InChI=1S/C25H40N4O4/c1-18-15-21(8-9-22(18)24(31)26-19(2)17-30)32-14-6-7-20-10-12-28(13-11-20)23-16-29(27-33-23)25(3,4)5/h8-9,15-16,19-20,27,30H,6-7,10-14,17H2,1-5H3,(H,26,31). The Morgan fingerprint density at radius 2 is 2.06 bits per heavy atom. The quantitative estimate of drug-likeness (QED) is 0.487. The second kappa shape index (κ2) is 11.1. The van der Waals surface area contributed by atoms with Gasteiger partial charge >= 0.3 is 0 Å². The monoisotopic (exact) mass is 460 g/mol. The van der Waals surface area contributed by atoms with Crippen LogP contribution in [-0.2, 0) is 4.84 Å². The number of ether oxygens (including phenoxy) is 1. The zero-order valence-corrected chi connectivity index (χ0v) is 20.7. The Morgan fingerprint density at radius 3 is 2.67 bits per heavy atom. The molecule has 0 saturated carbocycles. The number of amides is 1. The fraction of sp³-hybridized carbons (Fsp3) is 0.640. The molecule has 184 valence electrons. The number of hydrogen-bond acceptors (Lipinski definition) is 7. The van der Waals surface area contributed by atoms with Crippen molar-refractivity contribution in [2.24, 2.45) is 5.92 Å². The highest BCUT2D eigenvalue weighted by molar-refractivity contribution is 5.95. The van der Waals surface area contributed by atoms with Crippen LogP contribution in [0.3, 0.4) is 0 Å². The summed E-state index contributed by atoms with van der Waals surface area (Å²) in [6, 6.07) is 5.27. The molecular formula is C25H40N4O4. The highest BCUT2D eigenvalue weighted by atomic mass is 16.7. The molecule has 1 aromatic carbocycles. The molecule has 33 heavy (non-hydrogen) atoms. The van der Waals surface area contributed by atoms with Crippen molar-refractivity contribution in [3.05, 3.63) is 41.4 Å². The number of carbonyl (C=O) groups excluding carboxylic acids is 1. The van der Waals surface area contributed by atoms with Gasteiger partial charge in [-0.1, -0.05) is 5.59 Å². The van der Waals surface area contributed by atoms with E-state index < -0.39 is 0 Å². The normalized spacial score (nSPS) is 18.1. The number of nitrogens with zero attached hydrogens (tertiary/aromatic N) is 2. The maximum Gasteiger partial charge on any atom is 0.251 e. The van der Waals surface area contributed by atoms with E-state index in [9.17, 15) is 4.79 Å². The van der Waals surface area contributed by atoms with E-state index in [1.807, 2.05) is 24.1 Å². The van der Waals surface area contributed by atoms with Gasteiger partial charge in [-0.25, -0.2) is 0 Å². The largest absolute Gasteiger partial charge is 0.494 e. The Labute approximate surface area is 197 Å². The van der Waals surface area contributed by atoms with Crippen LogP contribution >= 0.6 is 0 Å². The topological polar surface area (TPSA) is 86.3 Å². The molecular weight excluding hydrogens is 420 g/mol. The van der Waals surface area contributed by atoms with Crippen molar-refractivity contribution >= 4 is 5.91 Å². The average Bonchev–Trinajstić information content (AvgIpc) is 3.28. The van der Waals surface area contributed by atoms with Crippen molar-refractivity contribution in [3.63, 3.8) is 0 Å². The van der Waals surface area contributed by atoms with Gasteiger partial charge in [-0.3, -0.25) is 9.80 Å². The van der Waals surface area contributed by atoms with E-state index in [2.05, 4.69) is 42.8 Å².